The second-order valence-electron chi connectivity index (χ2n) is 6.06. The molecule has 0 radical (unpaired) electrons. The van der Waals surface area contributed by atoms with E-state index in [-0.39, 0.29) is 18.2 Å². The number of aryl methyl sites for hydroxylation is 1. The van der Waals surface area contributed by atoms with Crippen molar-refractivity contribution in [2.75, 3.05) is 32.1 Å². The van der Waals surface area contributed by atoms with Gasteiger partial charge in [0.2, 0.25) is 0 Å². The lowest BCUT2D eigenvalue weighted by atomic mass is 10.1. The van der Waals surface area contributed by atoms with Crippen molar-refractivity contribution in [3.63, 3.8) is 0 Å². The van der Waals surface area contributed by atoms with Gasteiger partial charge in [-0.05, 0) is 36.6 Å². The van der Waals surface area contributed by atoms with Crippen molar-refractivity contribution in [3.05, 3.63) is 64.2 Å². The molecule has 0 aliphatic carbocycles. The van der Waals surface area contributed by atoms with E-state index in [1.54, 1.807) is 6.07 Å². The predicted octanol–water partition coefficient (Wildman–Crippen LogP) is 2.79. The summed E-state index contributed by atoms with van der Waals surface area (Å²) >= 11 is 0. The van der Waals surface area contributed by atoms with Gasteiger partial charge in [0.15, 0.2) is 6.61 Å². The fourth-order valence-corrected chi connectivity index (χ4v) is 2.37. The zero-order valence-electron chi connectivity index (χ0n) is 15.0. The Hall–Kier alpha value is -3.09. The molecule has 0 saturated carbocycles. The molecule has 0 atom stereocenters. The second-order valence-corrected chi connectivity index (χ2v) is 6.06. The molecule has 0 saturated heterocycles. The van der Waals surface area contributed by atoms with Crippen LogP contribution in [0, 0.1) is 10.1 Å². The Morgan fingerprint density at radius 1 is 1.19 bits per heavy atom. The number of carbonyl (C=O) groups excluding carboxylic acids is 1. The third-order valence-corrected chi connectivity index (χ3v) is 3.82. The van der Waals surface area contributed by atoms with Gasteiger partial charge in [0.05, 0.1) is 11.0 Å². The van der Waals surface area contributed by atoms with Gasteiger partial charge >= 0.3 is 0 Å². The largest absolute Gasteiger partial charge is 0.484 e. The molecule has 0 unspecified atom stereocenters. The molecular weight excluding hydrogens is 334 g/mol. The number of nitro groups is 1. The Labute approximate surface area is 152 Å². The minimum atomic E-state index is -0.502. The van der Waals surface area contributed by atoms with E-state index < -0.39 is 4.92 Å². The number of non-ortho nitro benzene ring substituents is 1. The van der Waals surface area contributed by atoms with Gasteiger partial charge in [-0.3, -0.25) is 14.9 Å². The topological polar surface area (TPSA) is 84.7 Å². The summed E-state index contributed by atoms with van der Waals surface area (Å²) < 4.78 is 5.29. The maximum Gasteiger partial charge on any atom is 0.273 e. The summed E-state index contributed by atoms with van der Waals surface area (Å²) in [6.45, 7) is 0.380. The fourth-order valence-electron chi connectivity index (χ4n) is 2.37. The number of nitro benzene ring substituents is 1. The van der Waals surface area contributed by atoms with Crippen molar-refractivity contribution in [1.29, 1.82) is 0 Å². The number of benzene rings is 2. The van der Waals surface area contributed by atoms with E-state index in [0.717, 1.165) is 18.5 Å². The first-order valence-electron chi connectivity index (χ1n) is 8.36. The molecule has 0 fully saturated rings. The third-order valence-electron chi connectivity index (χ3n) is 3.82. The third kappa shape index (κ3) is 6.08. The van der Waals surface area contributed by atoms with E-state index >= 15 is 0 Å². The lowest BCUT2D eigenvalue weighted by Crippen LogP contribution is -2.29. The molecular formula is C19H23N3O4. The van der Waals surface area contributed by atoms with Gasteiger partial charge in [-0.25, -0.2) is 0 Å². The van der Waals surface area contributed by atoms with Gasteiger partial charge in [0, 0.05) is 32.4 Å². The van der Waals surface area contributed by atoms with Gasteiger partial charge < -0.3 is 15.0 Å². The average Bonchev–Trinajstić information content (AvgIpc) is 2.64. The summed E-state index contributed by atoms with van der Waals surface area (Å²) in [5.41, 5.74) is 2.31. The SMILES string of the molecule is CN(C)c1ccc(CCCNC(=O)COc2cccc([N+](=O)[O-])c2)cc1. The zero-order valence-corrected chi connectivity index (χ0v) is 15.0. The first kappa shape index (κ1) is 19.2. The van der Waals surface area contributed by atoms with Gasteiger partial charge in [0.1, 0.15) is 5.75 Å². The molecule has 0 spiro atoms. The number of anilines is 1. The number of ether oxygens (including phenoxy) is 1. The van der Waals surface area contributed by atoms with E-state index in [1.165, 1.54) is 23.8 Å². The van der Waals surface area contributed by atoms with Crippen LogP contribution in [0.15, 0.2) is 48.5 Å². The van der Waals surface area contributed by atoms with Crippen molar-refractivity contribution < 1.29 is 14.5 Å². The molecule has 7 heteroatoms. The first-order chi connectivity index (χ1) is 12.5. The molecule has 1 amide bonds. The molecule has 2 aromatic carbocycles. The molecule has 2 aromatic rings. The van der Waals surface area contributed by atoms with Gasteiger partial charge in [-0.1, -0.05) is 18.2 Å². The second kappa shape index (κ2) is 9.41. The van der Waals surface area contributed by atoms with Crippen LogP contribution in [0.1, 0.15) is 12.0 Å². The van der Waals surface area contributed by atoms with Gasteiger partial charge in [-0.15, -0.1) is 0 Å². The summed E-state index contributed by atoms with van der Waals surface area (Å²) in [6, 6.07) is 14.1. The van der Waals surface area contributed by atoms with Crippen LogP contribution in [0.3, 0.4) is 0 Å². The highest BCUT2D eigenvalue weighted by Crippen LogP contribution is 2.18. The van der Waals surface area contributed by atoms with E-state index in [1.807, 2.05) is 19.0 Å². The van der Waals surface area contributed by atoms with Crippen molar-refractivity contribution in [1.82, 2.24) is 5.32 Å². The number of nitrogens with one attached hydrogen (secondary N) is 1. The van der Waals surface area contributed by atoms with Gasteiger partial charge in [0.25, 0.3) is 11.6 Å². The molecule has 1 N–H and O–H groups in total. The van der Waals surface area contributed by atoms with Crippen LogP contribution >= 0.6 is 0 Å². The predicted molar refractivity (Wildman–Crippen MR) is 101 cm³/mol. The summed E-state index contributed by atoms with van der Waals surface area (Å²) in [4.78, 5) is 24.0. The summed E-state index contributed by atoms with van der Waals surface area (Å²) in [6.07, 6.45) is 1.70. The number of carbonyl (C=O) groups is 1. The highest BCUT2D eigenvalue weighted by atomic mass is 16.6. The molecule has 26 heavy (non-hydrogen) atoms. The standard InChI is InChI=1S/C19H23N3O4/c1-21(2)16-10-8-15(9-11-16)5-4-12-20-19(23)14-26-18-7-3-6-17(13-18)22(24)25/h3,6-11,13H,4-5,12,14H2,1-2H3,(H,20,23). The van der Waals surface area contributed by atoms with Crippen LogP contribution in [0.25, 0.3) is 0 Å². The van der Waals surface area contributed by atoms with E-state index in [9.17, 15) is 14.9 Å². The Morgan fingerprint density at radius 2 is 1.92 bits per heavy atom. The van der Waals surface area contributed by atoms with Crippen LogP contribution in [0.2, 0.25) is 0 Å². The molecule has 7 nitrogen and oxygen atoms in total. The number of amides is 1. The minimum absolute atomic E-state index is 0.0665. The summed E-state index contributed by atoms with van der Waals surface area (Å²) in [5.74, 6) is 0.0507. The molecule has 2 rings (SSSR count). The molecule has 0 aromatic heterocycles. The van der Waals surface area contributed by atoms with Crippen LogP contribution in [0.4, 0.5) is 11.4 Å². The summed E-state index contributed by atoms with van der Waals surface area (Å²) in [5, 5.41) is 13.5. The van der Waals surface area contributed by atoms with E-state index in [4.69, 9.17) is 4.74 Å². The molecule has 0 heterocycles. The number of nitrogens with zero attached hydrogens (tertiary/aromatic N) is 2. The highest BCUT2D eigenvalue weighted by Gasteiger charge is 2.08. The zero-order chi connectivity index (χ0) is 18.9. The first-order valence-corrected chi connectivity index (χ1v) is 8.36. The van der Waals surface area contributed by atoms with Crippen LogP contribution in [0.5, 0.6) is 5.75 Å². The molecule has 0 aliphatic heterocycles. The van der Waals surface area contributed by atoms with Gasteiger partial charge in [-0.2, -0.15) is 0 Å². The van der Waals surface area contributed by atoms with Crippen LogP contribution in [-0.2, 0) is 11.2 Å². The van der Waals surface area contributed by atoms with Crippen LogP contribution < -0.4 is 15.0 Å². The number of hydrogen-bond acceptors (Lipinski definition) is 5. The average molecular weight is 357 g/mol. The number of hydrogen-bond donors (Lipinski definition) is 1. The van der Waals surface area contributed by atoms with Crippen molar-refractivity contribution in [2.45, 2.75) is 12.8 Å². The lowest BCUT2D eigenvalue weighted by Gasteiger charge is -2.12. The fraction of sp³-hybridized carbons (Fsp3) is 0.316. The van der Waals surface area contributed by atoms with Crippen molar-refractivity contribution >= 4 is 17.3 Å². The smallest absolute Gasteiger partial charge is 0.273 e. The maximum absolute atomic E-state index is 11.8. The summed E-state index contributed by atoms with van der Waals surface area (Å²) in [7, 11) is 4.00. The van der Waals surface area contributed by atoms with Crippen molar-refractivity contribution in [2.24, 2.45) is 0 Å². The highest BCUT2D eigenvalue weighted by molar-refractivity contribution is 5.77. The molecule has 138 valence electrons. The van der Waals surface area contributed by atoms with Crippen LogP contribution in [-0.4, -0.2) is 38.1 Å². The quantitative estimate of drug-likeness (QED) is 0.424. The molecule has 0 aliphatic rings. The number of rotatable bonds is 9. The normalized spacial score (nSPS) is 10.2. The van der Waals surface area contributed by atoms with Crippen molar-refractivity contribution in [3.8, 4) is 5.75 Å². The Morgan fingerprint density at radius 3 is 2.58 bits per heavy atom. The monoisotopic (exact) mass is 357 g/mol. The Kier molecular flexibility index (Phi) is 6.96. The minimum Gasteiger partial charge on any atom is -0.484 e. The lowest BCUT2D eigenvalue weighted by molar-refractivity contribution is -0.384. The maximum atomic E-state index is 11.8. The Balaban J connectivity index is 1.67. The molecule has 0 bridgehead atoms. The van der Waals surface area contributed by atoms with E-state index in [2.05, 4.69) is 29.6 Å². The van der Waals surface area contributed by atoms with E-state index in [0.29, 0.717) is 12.3 Å². The Bertz CT molecular complexity index is 745.